The number of hydrogen-bond acceptors (Lipinski definition) is 10. The maximum absolute atomic E-state index is 13.4. The third-order valence-corrected chi connectivity index (χ3v) is 6.63. The van der Waals surface area contributed by atoms with Gasteiger partial charge in [0, 0.05) is 42.2 Å². The van der Waals surface area contributed by atoms with Crippen molar-refractivity contribution in [3.05, 3.63) is 92.3 Å². The average molecular weight is 554 g/mol. The van der Waals surface area contributed by atoms with Crippen molar-refractivity contribution >= 4 is 23.3 Å². The summed E-state index contributed by atoms with van der Waals surface area (Å²) in [6.07, 6.45) is 0.975. The molecule has 3 rings (SSSR count). The number of carbonyl (C=O) groups is 2. The third-order valence-electron chi connectivity index (χ3n) is 6.63. The van der Waals surface area contributed by atoms with E-state index >= 15 is 0 Å². The summed E-state index contributed by atoms with van der Waals surface area (Å²) in [6, 6.07) is 13.5. The molecule has 0 bridgehead atoms. The second-order valence-electron chi connectivity index (χ2n) is 9.47. The molecule has 1 aliphatic rings. The smallest absolute Gasteiger partial charge is 0.336 e. The number of allylic oxidation sites excluding steroid dienone is 2. The van der Waals surface area contributed by atoms with E-state index < -0.39 is 28.9 Å². The van der Waals surface area contributed by atoms with Crippen LogP contribution >= 0.6 is 0 Å². The molecular weight excluding hydrogens is 518 g/mol. The molecule has 0 saturated carbocycles. The highest BCUT2D eigenvalue weighted by atomic mass is 16.6. The molecule has 0 amide bonds. The van der Waals surface area contributed by atoms with Gasteiger partial charge in [-0.05, 0) is 49.9 Å². The number of aliphatic hydroxyl groups is 2. The Kier molecular flexibility index (Phi) is 10.8. The number of non-ortho nitro benzene ring substituents is 1. The van der Waals surface area contributed by atoms with E-state index in [1.807, 2.05) is 24.3 Å². The zero-order chi connectivity index (χ0) is 29.2. The van der Waals surface area contributed by atoms with Crippen molar-refractivity contribution in [2.75, 3.05) is 32.2 Å². The van der Waals surface area contributed by atoms with Gasteiger partial charge in [-0.25, -0.2) is 9.59 Å². The molecule has 2 aromatic carbocycles. The van der Waals surface area contributed by atoms with Crippen LogP contribution in [0.1, 0.15) is 43.7 Å². The Labute approximate surface area is 232 Å². The van der Waals surface area contributed by atoms with Gasteiger partial charge in [0.25, 0.3) is 5.69 Å². The number of benzene rings is 2. The van der Waals surface area contributed by atoms with Crippen molar-refractivity contribution in [1.82, 2.24) is 5.32 Å². The van der Waals surface area contributed by atoms with E-state index in [-0.39, 0.29) is 30.0 Å². The molecule has 214 valence electrons. The number of nitrogens with zero attached hydrogens (tertiary/aromatic N) is 1. The van der Waals surface area contributed by atoms with E-state index in [4.69, 9.17) is 14.6 Å². The summed E-state index contributed by atoms with van der Waals surface area (Å²) in [4.78, 5) is 37.0. The van der Waals surface area contributed by atoms with E-state index in [2.05, 4.69) is 10.6 Å². The molecule has 0 radical (unpaired) electrons. The van der Waals surface area contributed by atoms with Gasteiger partial charge >= 0.3 is 11.9 Å². The van der Waals surface area contributed by atoms with Crippen molar-refractivity contribution in [2.45, 2.75) is 45.1 Å². The molecule has 0 aliphatic carbocycles. The number of esters is 2. The fourth-order valence-corrected chi connectivity index (χ4v) is 4.59. The number of nitro groups is 1. The number of methoxy groups -OCH3 is 1. The number of nitrogens with one attached hydrogen (secondary N) is 2. The van der Waals surface area contributed by atoms with Gasteiger partial charge < -0.3 is 30.3 Å². The fraction of sp³-hybridized carbons (Fsp3) is 0.379. The molecule has 2 aromatic rings. The minimum atomic E-state index is -0.912. The topological polar surface area (TPSA) is 160 Å². The first kappa shape index (κ1) is 30.3. The molecule has 0 spiro atoms. The molecule has 2 unspecified atom stereocenters. The maximum Gasteiger partial charge on any atom is 0.336 e. The second-order valence-corrected chi connectivity index (χ2v) is 9.47. The van der Waals surface area contributed by atoms with Crippen LogP contribution in [0.2, 0.25) is 0 Å². The summed E-state index contributed by atoms with van der Waals surface area (Å²) in [6.45, 7) is 3.86. The number of nitro benzene ring substituents is 1. The number of carbonyl (C=O) groups excluding carboxylic acids is 2. The molecule has 1 aliphatic heterocycles. The second kappa shape index (κ2) is 14.2. The maximum atomic E-state index is 13.4. The fourth-order valence-electron chi connectivity index (χ4n) is 4.59. The quantitative estimate of drug-likeness (QED) is 0.125. The molecule has 0 aromatic heterocycles. The first-order valence-electron chi connectivity index (χ1n) is 13.0. The predicted molar refractivity (Wildman–Crippen MR) is 148 cm³/mol. The summed E-state index contributed by atoms with van der Waals surface area (Å²) < 4.78 is 10.6. The summed E-state index contributed by atoms with van der Waals surface area (Å²) >= 11 is 0. The molecule has 1 heterocycles. The van der Waals surface area contributed by atoms with Crippen LogP contribution in [0.5, 0.6) is 0 Å². The van der Waals surface area contributed by atoms with Crippen LogP contribution in [-0.2, 0) is 25.5 Å². The van der Waals surface area contributed by atoms with Crippen LogP contribution in [0.15, 0.2) is 71.1 Å². The Balaban J connectivity index is 1.70. The summed E-state index contributed by atoms with van der Waals surface area (Å²) in [5.41, 5.74) is 3.41. The third kappa shape index (κ3) is 7.67. The normalized spacial score (nSPS) is 15.8. The van der Waals surface area contributed by atoms with Crippen LogP contribution in [0.4, 0.5) is 11.4 Å². The summed E-state index contributed by atoms with van der Waals surface area (Å²) in [5, 5.41) is 36.0. The number of rotatable bonds is 13. The van der Waals surface area contributed by atoms with Gasteiger partial charge in [0.1, 0.15) is 0 Å². The van der Waals surface area contributed by atoms with Gasteiger partial charge in [0.2, 0.25) is 0 Å². The monoisotopic (exact) mass is 553 g/mol. The van der Waals surface area contributed by atoms with E-state index in [0.717, 1.165) is 11.3 Å². The lowest BCUT2D eigenvalue weighted by Crippen LogP contribution is -2.32. The van der Waals surface area contributed by atoms with Crippen LogP contribution in [0.3, 0.4) is 0 Å². The minimum Gasteiger partial charge on any atom is -0.466 e. The van der Waals surface area contributed by atoms with Crippen molar-refractivity contribution in [1.29, 1.82) is 0 Å². The van der Waals surface area contributed by atoms with Crippen LogP contribution in [-0.4, -0.2) is 60.0 Å². The van der Waals surface area contributed by atoms with E-state index in [1.54, 1.807) is 19.9 Å². The van der Waals surface area contributed by atoms with Crippen LogP contribution in [0, 0.1) is 10.1 Å². The molecule has 40 heavy (non-hydrogen) atoms. The Morgan fingerprint density at radius 3 is 2.40 bits per heavy atom. The molecule has 11 nitrogen and oxygen atoms in total. The van der Waals surface area contributed by atoms with Gasteiger partial charge in [-0.3, -0.25) is 10.1 Å². The molecule has 0 fully saturated rings. The van der Waals surface area contributed by atoms with Crippen molar-refractivity contribution < 1.29 is 34.2 Å². The molecule has 4 N–H and O–H groups in total. The van der Waals surface area contributed by atoms with E-state index in [1.165, 1.54) is 25.3 Å². The van der Waals surface area contributed by atoms with Gasteiger partial charge in [-0.2, -0.15) is 0 Å². The number of anilines is 1. The average Bonchev–Trinajstić information content (AvgIpc) is 2.95. The van der Waals surface area contributed by atoms with Crippen molar-refractivity contribution in [3.63, 3.8) is 0 Å². The lowest BCUT2D eigenvalue weighted by atomic mass is 9.80. The number of aliphatic hydroxyl groups excluding tert-OH is 2. The Morgan fingerprint density at radius 1 is 1.10 bits per heavy atom. The Morgan fingerprint density at radius 2 is 1.77 bits per heavy atom. The lowest BCUT2D eigenvalue weighted by Gasteiger charge is -2.30. The Bertz CT molecular complexity index is 1290. The van der Waals surface area contributed by atoms with Gasteiger partial charge in [0.05, 0.1) is 48.4 Å². The zero-order valence-corrected chi connectivity index (χ0v) is 22.8. The van der Waals surface area contributed by atoms with Crippen molar-refractivity contribution in [3.8, 4) is 0 Å². The molecular formula is C29H35N3O8. The van der Waals surface area contributed by atoms with Crippen LogP contribution < -0.4 is 10.6 Å². The summed E-state index contributed by atoms with van der Waals surface area (Å²) in [7, 11) is 1.23. The van der Waals surface area contributed by atoms with Gasteiger partial charge in [-0.1, -0.05) is 24.3 Å². The van der Waals surface area contributed by atoms with Gasteiger partial charge in [0.15, 0.2) is 0 Å². The highest BCUT2D eigenvalue weighted by Gasteiger charge is 2.38. The number of hydrogen-bond donors (Lipinski definition) is 4. The zero-order valence-electron chi connectivity index (χ0n) is 22.8. The largest absolute Gasteiger partial charge is 0.466 e. The number of ether oxygens (including phenoxy) is 2. The standard InChI is InChI=1S/C29H35N3O8/c1-18-25(28(35)39-3)27(21-6-4-7-23(16-21)32(37)38)26(19(2)31-18)29(36)40-15-13-20-9-11-22(12-10-20)30-14-5-8-24(34)17-33/h4,6-7,9-12,16,24,27,30-31,33-34H,5,8,13-15,17H2,1-3H3. The minimum absolute atomic E-state index is 0.0827. The van der Waals surface area contributed by atoms with E-state index in [0.29, 0.717) is 42.8 Å². The Hall–Kier alpha value is -4.22. The van der Waals surface area contributed by atoms with Crippen molar-refractivity contribution in [2.24, 2.45) is 0 Å². The SMILES string of the molecule is COC(=O)C1=C(C)NC(C)=C(C(=O)OCCc2ccc(NCCCC(O)CO)cc2)C1c1cccc([N+](=O)[O-])c1. The molecule has 0 saturated heterocycles. The predicted octanol–water partition coefficient (Wildman–Crippen LogP) is 3.33. The first-order valence-corrected chi connectivity index (χ1v) is 13.0. The number of dihydropyridines is 1. The highest BCUT2D eigenvalue weighted by Crippen LogP contribution is 2.40. The van der Waals surface area contributed by atoms with E-state index in [9.17, 15) is 24.8 Å². The summed E-state index contributed by atoms with van der Waals surface area (Å²) in [5.74, 6) is -2.21. The lowest BCUT2D eigenvalue weighted by molar-refractivity contribution is -0.384. The van der Waals surface area contributed by atoms with Crippen LogP contribution in [0.25, 0.3) is 0 Å². The highest BCUT2D eigenvalue weighted by molar-refractivity contribution is 5.99. The molecule has 2 atom stereocenters. The first-order chi connectivity index (χ1) is 19.2. The molecule has 11 heteroatoms. The van der Waals surface area contributed by atoms with Gasteiger partial charge in [-0.15, -0.1) is 0 Å².